The van der Waals surface area contributed by atoms with Crippen LogP contribution in [0.4, 0.5) is 11.6 Å². The summed E-state index contributed by atoms with van der Waals surface area (Å²) in [5.41, 5.74) is 0.144. The zero-order chi connectivity index (χ0) is 13.7. The van der Waals surface area contributed by atoms with Gasteiger partial charge in [0.15, 0.2) is 5.82 Å². The number of nitrogens with zero attached hydrogens (tertiary/aromatic N) is 3. The van der Waals surface area contributed by atoms with Crippen molar-refractivity contribution >= 4 is 29.1 Å². The van der Waals surface area contributed by atoms with Crippen LogP contribution < -0.4 is 10.6 Å². The number of amides is 1. The lowest BCUT2D eigenvalue weighted by Crippen LogP contribution is -2.16. The average Bonchev–Trinajstić information content (AvgIpc) is 2.42. The van der Waals surface area contributed by atoms with Crippen molar-refractivity contribution in [3.63, 3.8) is 0 Å². The molecule has 0 saturated carbocycles. The monoisotopic (exact) mass is 277 g/mol. The Labute approximate surface area is 115 Å². The van der Waals surface area contributed by atoms with Gasteiger partial charge in [0, 0.05) is 18.9 Å². The molecule has 2 aromatic heterocycles. The van der Waals surface area contributed by atoms with E-state index < -0.39 is 5.91 Å². The van der Waals surface area contributed by atoms with E-state index in [4.69, 9.17) is 11.6 Å². The SMILES string of the molecule is CCNc1ccc(Cl)c(C(=O)Nc2cnccn2)n1. The highest BCUT2D eigenvalue weighted by molar-refractivity contribution is 6.34. The average molecular weight is 278 g/mol. The van der Waals surface area contributed by atoms with E-state index >= 15 is 0 Å². The van der Waals surface area contributed by atoms with Crippen molar-refractivity contribution in [2.24, 2.45) is 0 Å². The van der Waals surface area contributed by atoms with Gasteiger partial charge in [0.05, 0.1) is 11.2 Å². The van der Waals surface area contributed by atoms with Crippen LogP contribution in [0, 0.1) is 0 Å². The third-order valence-electron chi connectivity index (χ3n) is 2.22. The molecule has 0 radical (unpaired) electrons. The van der Waals surface area contributed by atoms with E-state index in [1.54, 1.807) is 12.1 Å². The Morgan fingerprint density at radius 2 is 2.16 bits per heavy atom. The maximum absolute atomic E-state index is 12.0. The molecule has 0 aromatic carbocycles. The molecule has 0 atom stereocenters. The van der Waals surface area contributed by atoms with Gasteiger partial charge in [-0.15, -0.1) is 0 Å². The number of nitrogens with one attached hydrogen (secondary N) is 2. The number of carbonyl (C=O) groups excluding carboxylic acids is 1. The van der Waals surface area contributed by atoms with E-state index in [1.807, 2.05) is 6.92 Å². The van der Waals surface area contributed by atoms with Crippen LogP contribution in [0.5, 0.6) is 0 Å². The molecule has 0 bridgehead atoms. The number of rotatable bonds is 4. The van der Waals surface area contributed by atoms with Crippen molar-refractivity contribution in [1.29, 1.82) is 0 Å². The van der Waals surface area contributed by atoms with Gasteiger partial charge in [0.2, 0.25) is 0 Å². The summed E-state index contributed by atoms with van der Waals surface area (Å²) in [5.74, 6) is 0.515. The molecule has 0 unspecified atom stereocenters. The zero-order valence-corrected chi connectivity index (χ0v) is 11.0. The lowest BCUT2D eigenvalue weighted by atomic mass is 10.3. The largest absolute Gasteiger partial charge is 0.370 e. The third kappa shape index (κ3) is 3.38. The molecule has 6 nitrogen and oxygen atoms in total. The molecule has 1 amide bonds. The van der Waals surface area contributed by atoms with Gasteiger partial charge < -0.3 is 10.6 Å². The smallest absolute Gasteiger partial charge is 0.277 e. The van der Waals surface area contributed by atoms with Crippen LogP contribution in [0.3, 0.4) is 0 Å². The third-order valence-corrected chi connectivity index (χ3v) is 2.53. The number of hydrogen-bond donors (Lipinski definition) is 2. The normalized spacial score (nSPS) is 10.0. The Kier molecular flexibility index (Phi) is 4.25. The molecule has 2 rings (SSSR count). The molecule has 0 aliphatic rings. The minimum absolute atomic E-state index is 0.144. The summed E-state index contributed by atoms with van der Waals surface area (Å²) in [6.07, 6.45) is 4.45. The highest BCUT2D eigenvalue weighted by atomic mass is 35.5. The van der Waals surface area contributed by atoms with Crippen LogP contribution >= 0.6 is 11.6 Å². The zero-order valence-electron chi connectivity index (χ0n) is 10.2. The van der Waals surface area contributed by atoms with Crippen molar-refractivity contribution in [2.75, 3.05) is 17.2 Å². The van der Waals surface area contributed by atoms with E-state index in [9.17, 15) is 4.79 Å². The van der Waals surface area contributed by atoms with Gasteiger partial charge in [0.1, 0.15) is 11.5 Å². The highest BCUT2D eigenvalue weighted by Gasteiger charge is 2.13. The number of anilines is 2. The van der Waals surface area contributed by atoms with E-state index in [2.05, 4.69) is 25.6 Å². The molecule has 98 valence electrons. The van der Waals surface area contributed by atoms with Gasteiger partial charge in [-0.3, -0.25) is 9.78 Å². The summed E-state index contributed by atoms with van der Waals surface area (Å²) < 4.78 is 0. The van der Waals surface area contributed by atoms with Crippen LogP contribution in [0.15, 0.2) is 30.7 Å². The molecule has 7 heteroatoms. The number of halogens is 1. The first-order chi connectivity index (χ1) is 9.20. The minimum atomic E-state index is -0.426. The van der Waals surface area contributed by atoms with Crippen molar-refractivity contribution < 1.29 is 4.79 Å². The summed E-state index contributed by atoms with van der Waals surface area (Å²) in [6, 6.07) is 3.34. The summed E-state index contributed by atoms with van der Waals surface area (Å²) in [6.45, 7) is 2.65. The summed E-state index contributed by atoms with van der Waals surface area (Å²) in [4.78, 5) is 24.0. The van der Waals surface area contributed by atoms with Gasteiger partial charge in [-0.05, 0) is 19.1 Å². The van der Waals surface area contributed by atoms with E-state index in [0.717, 1.165) is 0 Å². The first-order valence-corrected chi connectivity index (χ1v) is 6.06. The van der Waals surface area contributed by atoms with E-state index in [0.29, 0.717) is 18.2 Å². The first-order valence-electron chi connectivity index (χ1n) is 5.68. The van der Waals surface area contributed by atoms with Crippen molar-refractivity contribution in [3.8, 4) is 0 Å². The molecule has 2 aromatic rings. The second-order valence-electron chi connectivity index (χ2n) is 3.60. The first kappa shape index (κ1) is 13.2. The van der Waals surface area contributed by atoms with Gasteiger partial charge in [-0.2, -0.15) is 0 Å². The van der Waals surface area contributed by atoms with Gasteiger partial charge in [-0.25, -0.2) is 9.97 Å². The van der Waals surface area contributed by atoms with E-state index in [1.165, 1.54) is 18.6 Å². The molecule has 0 aliphatic carbocycles. The fourth-order valence-corrected chi connectivity index (χ4v) is 1.61. The number of pyridine rings is 1. The maximum Gasteiger partial charge on any atom is 0.277 e. The molecular weight excluding hydrogens is 266 g/mol. The Hall–Kier alpha value is -2.21. The van der Waals surface area contributed by atoms with Crippen LogP contribution in [0.2, 0.25) is 5.02 Å². The van der Waals surface area contributed by atoms with Gasteiger partial charge in [-0.1, -0.05) is 11.6 Å². The van der Waals surface area contributed by atoms with Gasteiger partial charge in [0.25, 0.3) is 5.91 Å². The summed E-state index contributed by atoms with van der Waals surface area (Å²) in [5, 5.41) is 5.88. The Morgan fingerprint density at radius 3 is 2.84 bits per heavy atom. The molecule has 19 heavy (non-hydrogen) atoms. The standard InChI is InChI=1S/C12H12ClN5O/c1-2-15-9-4-3-8(13)11(17-9)12(19)18-10-7-14-5-6-16-10/h3-7H,2H2,1H3,(H,15,17)(H,16,18,19). The maximum atomic E-state index is 12.0. The Bertz CT molecular complexity index is 576. The van der Waals surface area contributed by atoms with Crippen LogP contribution in [-0.4, -0.2) is 27.4 Å². The minimum Gasteiger partial charge on any atom is -0.370 e. The molecular formula is C12H12ClN5O. The molecule has 0 spiro atoms. The second kappa shape index (κ2) is 6.10. The van der Waals surface area contributed by atoms with Crippen LogP contribution in [0.25, 0.3) is 0 Å². The fraction of sp³-hybridized carbons (Fsp3) is 0.167. The van der Waals surface area contributed by atoms with Crippen LogP contribution in [0.1, 0.15) is 17.4 Å². The Balaban J connectivity index is 2.21. The second-order valence-corrected chi connectivity index (χ2v) is 4.01. The number of aromatic nitrogens is 3. The quantitative estimate of drug-likeness (QED) is 0.896. The predicted molar refractivity (Wildman–Crippen MR) is 73.4 cm³/mol. The molecule has 0 saturated heterocycles. The molecule has 0 fully saturated rings. The summed E-state index contributed by atoms with van der Waals surface area (Å²) >= 11 is 5.97. The predicted octanol–water partition coefficient (Wildman–Crippen LogP) is 2.21. The Morgan fingerprint density at radius 1 is 1.32 bits per heavy atom. The lowest BCUT2D eigenvalue weighted by Gasteiger charge is -2.07. The highest BCUT2D eigenvalue weighted by Crippen LogP contribution is 2.17. The van der Waals surface area contributed by atoms with Crippen LogP contribution in [-0.2, 0) is 0 Å². The summed E-state index contributed by atoms with van der Waals surface area (Å²) in [7, 11) is 0. The fourth-order valence-electron chi connectivity index (χ4n) is 1.42. The molecule has 0 aliphatic heterocycles. The topological polar surface area (TPSA) is 79.8 Å². The number of carbonyl (C=O) groups is 1. The molecule has 2 heterocycles. The van der Waals surface area contributed by atoms with Crippen molar-refractivity contribution in [3.05, 3.63) is 41.4 Å². The van der Waals surface area contributed by atoms with Gasteiger partial charge >= 0.3 is 0 Å². The lowest BCUT2D eigenvalue weighted by molar-refractivity contribution is 0.102. The number of hydrogen-bond acceptors (Lipinski definition) is 5. The molecule has 2 N–H and O–H groups in total. The van der Waals surface area contributed by atoms with Crippen molar-refractivity contribution in [1.82, 2.24) is 15.0 Å². The van der Waals surface area contributed by atoms with E-state index in [-0.39, 0.29) is 10.7 Å². The van der Waals surface area contributed by atoms with Crippen molar-refractivity contribution in [2.45, 2.75) is 6.92 Å².